The van der Waals surface area contributed by atoms with Crippen LogP contribution >= 0.6 is 11.3 Å². The number of rotatable bonds is 6. The Kier molecular flexibility index (Phi) is 5.20. The second-order valence-corrected chi connectivity index (χ2v) is 9.54. The SMILES string of the molecule is Cc1ccc(S(=O)(=O)NCCc2sc3nc(-c4ccc(F)cc4)nn3c2C)cc1. The summed E-state index contributed by atoms with van der Waals surface area (Å²) in [6, 6.07) is 12.8. The van der Waals surface area contributed by atoms with Gasteiger partial charge in [0.1, 0.15) is 5.82 Å². The summed E-state index contributed by atoms with van der Waals surface area (Å²) in [7, 11) is -3.54. The summed E-state index contributed by atoms with van der Waals surface area (Å²) in [6.07, 6.45) is 0.540. The van der Waals surface area contributed by atoms with Gasteiger partial charge in [-0.3, -0.25) is 0 Å². The fourth-order valence-electron chi connectivity index (χ4n) is 2.94. The van der Waals surface area contributed by atoms with Crippen molar-refractivity contribution in [1.82, 2.24) is 19.3 Å². The van der Waals surface area contributed by atoms with Gasteiger partial charge in [0.15, 0.2) is 5.82 Å². The molecule has 0 amide bonds. The van der Waals surface area contributed by atoms with Crippen molar-refractivity contribution >= 4 is 26.3 Å². The molecule has 0 radical (unpaired) electrons. The van der Waals surface area contributed by atoms with E-state index >= 15 is 0 Å². The highest BCUT2D eigenvalue weighted by molar-refractivity contribution is 7.89. The normalized spacial score (nSPS) is 12.0. The number of halogens is 1. The maximum Gasteiger partial charge on any atom is 0.240 e. The summed E-state index contributed by atoms with van der Waals surface area (Å²) in [5.74, 6) is 0.229. The number of hydrogen-bond acceptors (Lipinski definition) is 5. The Morgan fingerprint density at radius 3 is 2.41 bits per heavy atom. The van der Waals surface area contributed by atoms with Gasteiger partial charge in [-0.2, -0.15) is 4.98 Å². The van der Waals surface area contributed by atoms with E-state index in [4.69, 9.17) is 0 Å². The van der Waals surface area contributed by atoms with Crippen LogP contribution in [-0.4, -0.2) is 29.6 Å². The maximum atomic E-state index is 13.1. The average Bonchev–Trinajstić information content (AvgIpc) is 3.22. The number of aryl methyl sites for hydroxylation is 2. The van der Waals surface area contributed by atoms with Gasteiger partial charge in [-0.1, -0.05) is 29.0 Å². The molecule has 0 unspecified atom stereocenters. The van der Waals surface area contributed by atoms with Crippen molar-refractivity contribution in [2.24, 2.45) is 0 Å². The van der Waals surface area contributed by atoms with Gasteiger partial charge in [-0.15, -0.1) is 5.10 Å². The number of aromatic nitrogens is 3. The smallest absolute Gasteiger partial charge is 0.211 e. The van der Waals surface area contributed by atoms with Crippen molar-refractivity contribution in [3.63, 3.8) is 0 Å². The minimum absolute atomic E-state index is 0.256. The number of thiazole rings is 1. The van der Waals surface area contributed by atoms with Gasteiger partial charge in [-0.25, -0.2) is 22.0 Å². The molecule has 29 heavy (non-hydrogen) atoms. The summed E-state index contributed by atoms with van der Waals surface area (Å²) in [5, 5.41) is 4.50. The topological polar surface area (TPSA) is 76.4 Å². The summed E-state index contributed by atoms with van der Waals surface area (Å²) in [5.41, 5.74) is 2.67. The van der Waals surface area contributed by atoms with Crippen LogP contribution in [0.1, 0.15) is 16.1 Å². The molecule has 4 aromatic rings. The molecule has 4 rings (SSSR count). The molecule has 1 N–H and O–H groups in total. The molecule has 0 bridgehead atoms. The molecule has 0 aliphatic heterocycles. The predicted molar refractivity (Wildman–Crippen MR) is 111 cm³/mol. The van der Waals surface area contributed by atoms with Crippen LogP contribution in [-0.2, 0) is 16.4 Å². The van der Waals surface area contributed by atoms with Crippen LogP contribution in [0, 0.1) is 19.7 Å². The molecule has 0 atom stereocenters. The van der Waals surface area contributed by atoms with Crippen LogP contribution < -0.4 is 4.72 Å². The Hall–Kier alpha value is -2.62. The molecule has 9 heteroatoms. The molecule has 6 nitrogen and oxygen atoms in total. The van der Waals surface area contributed by atoms with Gasteiger partial charge in [0.25, 0.3) is 0 Å². The monoisotopic (exact) mass is 430 g/mol. The van der Waals surface area contributed by atoms with Gasteiger partial charge >= 0.3 is 0 Å². The number of hydrogen-bond donors (Lipinski definition) is 1. The Labute approximate surface area is 172 Å². The van der Waals surface area contributed by atoms with Crippen molar-refractivity contribution < 1.29 is 12.8 Å². The lowest BCUT2D eigenvalue weighted by Gasteiger charge is -2.06. The third-order valence-electron chi connectivity index (χ3n) is 4.59. The van der Waals surface area contributed by atoms with Crippen molar-refractivity contribution in [1.29, 1.82) is 0 Å². The molecule has 0 saturated heterocycles. The van der Waals surface area contributed by atoms with Crippen molar-refractivity contribution in [3.8, 4) is 11.4 Å². The molecule has 2 heterocycles. The first-order chi connectivity index (χ1) is 13.8. The molecule has 0 saturated carbocycles. The van der Waals surface area contributed by atoms with Crippen LogP contribution in [0.4, 0.5) is 4.39 Å². The molecular weight excluding hydrogens is 411 g/mol. The standard InChI is InChI=1S/C20H19FN4O2S2/c1-13-3-9-17(10-4-13)29(26,27)22-12-11-18-14(2)25-20(28-18)23-19(24-25)15-5-7-16(21)8-6-15/h3-10,22H,11-12H2,1-2H3. The minimum Gasteiger partial charge on any atom is -0.211 e. The number of benzene rings is 2. The van der Waals surface area contributed by atoms with Crippen LogP contribution in [0.5, 0.6) is 0 Å². The first-order valence-corrected chi connectivity index (χ1v) is 11.3. The van der Waals surface area contributed by atoms with E-state index in [-0.39, 0.29) is 17.3 Å². The van der Waals surface area contributed by atoms with Crippen molar-refractivity contribution in [3.05, 3.63) is 70.5 Å². The van der Waals surface area contributed by atoms with E-state index in [2.05, 4.69) is 14.8 Å². The Morgan fingerprint density at radius 2 is 1.76 bits per heavy atom. The van der Waals surface area contributed by atoms with Gasteiger partial charge in [0.2, 0.25) is 15.0 Å². The van der Waals surface area contributed by atoms with Gasteiger partial charge < -0.3 is 0 Å². The van der Waals surface area contributed by atoms with Crippen LogP contribution in [0.2, 0.25) is 0 Å². The van der Waals surface area contributed by atoms with Gasteiger partial charge in [0.05, 0.1) is 10.6 Å². The number of nitrogens with one attached hydrogen (secondary N) is 1. The minimum atomic E-state index is -3.54. The lowest BCUT2D eigenvalue weighted by atomic mass is 10.2. The van der Waals surface area contributed by atoms with E-state index in [0.717, 1.165) is 26.7 Å². The van der Waals surface area contributed by atoms with Crippen molar-refractivity contribution in [2.75, 3.05) is 6.54 Å². The molecule has 0 fully saturated rings. The quantitative estimate of drug-likeness (QED) is 0.506. The summed E-state index contributed by atoms with van der Waals surface area (Å²) < 4.78 is 42.3. The van der Waals surface area contributed by atoms with E-state index in [1.54, 1.807) is 40.9 Å². The highest BCUT2D eigenvalue weighted by Gasteiger charge is 2.16. The highest BCUT2D eigenvalue weighted by Crippen LogP contribution is 2.25. The summed E-state index contributed by atoms with van der Waals surface area (Å²) >= 11 is 1.47. The van der Waals surface area contributed by atoms with Crippen molar-refractivity contribution in [2.45, 2.75) is 25.2 Å². The second kappa shape index (κ2) is 7.66. The number of nitrogens with zero attached hydrogens (tertiary/aromatic N) is 3. The molecule has 150 valence electrons. The molecular formula is C20H19FN4O2S2. The first kappa shape index (κ1) is 19.7. The third-order valence-corrected chi connectivity index (χ3v) is 7.26. The average molecular weight is 431 g/mol. The second-order valence-electron chi connectivity index (χ2n) is 6.71. The zero-order valence-electron chi connectivity index (χ0n) is 15.9. The number of sulfonamides is 1. The zero-order chi connectivity index (χ0) is 20.6. The summed E-state index contributed by atoms with van der Waals surface area (Å²) in [4.78, 5) is 6.50. The fraction of sp³-hybridized carbons (Fsp3) is 0.200. The predicted octanol–water partition coefficient (Wildman–Crippen LogP) is 3.73. The van der Waals surface area contributed by atoms with E-state index in [9.17, 15) is 12.8 Å². The van der Waals surface area contributed by atoms with E-state index in [1.165, 1.54) is 23.5 Å². The Morgan fingerprint density at radius 1 is 1.07 bits per heavy atom. The van der Waals surface area contributed by atoms with Gasteiger partial charge in [-0.05, 0) is 56.7 Å². The molecule has 2 aromatic carbocycles. The van der Waals surface area contributed by atoms with Crippen LogP contribution in [0.25, 0.3) is 16.3 Å². The van der Waals surface area contributed by atoms with E-state index in [1.807, 2.05) is 13.8 Å². The zero-order valence-corrected chi connectivity index (χ0v) is 17.5. The third kappa shape index (κ3) is 4.07. The lowest BCUT2D eigenvalue weighted by molar-refractivity contribution is 0.581. The lowest BCUT2D eigenvalue weighted by Crippen LogP contribution is -2.26. The Balaban J connectivity index is 1.47. The molecule has 0 spiro atoms. The van der Waals surface area contributed by atoms with E-state index < -0.39 is 10.0 Å². The Bertz CT molecular complexity index is 1260. The molecule has 0 aliphatic rings. The molecule has 2 aromatic heterocycles. The first-order valence-electron chi connectivity index (χ1n) is 9.01. The highest BCUT2D eigenvalue weighted by atomic mass is 32.2. The summed E-state index contributed by atoms with van der Waals surface area (Å²) in [6.45, 7) is 4.12. The fourth-order valence-corrected chi connectivity index (χ4v) is 5.02. The largest absolute Gasteiger partial charge is 0.240 e. The van der Waals surface area contributed by atoms with Crippen LogP contribution in [0.3, 0.4) is 0 Å². The number of fused-ring (bicyclic) bond motifs is 1. The molecule has 0 aliphatic carbocycles. The maximum absolute atomic E-state index is 13.1. The van der Waals surface area contributed by atoms with E-state index in [0.29, 0.717) is 12.2 Å². The van der Waals surface area contributed by atoms with Gasteiger partial charge in [0, 0.05) is 17.0 Å². The van der Waals surface area contributed by atoms with Crippen LogP contribution in [0.15, 0.2) is 53.4 Å².